The van der Waals surface area contributed by atoms with E-state index in [2.05, 4.69) is 16.6 Å². The second kappa shape index (κ2) is 6.50. The van der Waals surface area contributed by atoms with Gasteiger partial charge in [-0.3, -0.25) is 0 Å². The molecule has 1 rings (SSSR count). The molecule has 0 spiro atoms. The molecule has 0 aromatic heterocycles. The molecule has 0 saturated heterocycles. The number of amides is 2. The number of benzene rings is 1. The summed E-state index contributed by atoms with van der Waals surface area (Å²) in [6.45, 7) is 0.600. The lowest BCUT2D eigenvalue weighted by Crippen LogP contribution is -2.29. The Balaban J connectivity index is 2.22. The minimum Gasteiger partial charge on any atom is -0.338 e. The Bertz CT molecular complexity index is 340. The van der Waals surface area contributed by atoms with E-state index in [4.69, 9.17) is 6.42 Å². The molecule has 0 bridgehead atoms. The number of nitrogens with one attached hydrogen (secondary N) is 2. The summed E-state index contributed by atoms with van der Waals surface area (Å²) in [5, 5.41) is 5.44. The van der Waals surface area contributed by atoms with E-state index in [0.717, 1.165) is 12.1 Å². The summed E-state index contributed by atoms with van der Waals surface area (Å²) in [4.78, 5) is 11.3. The van der Waals surface area contributed by atoms with Crippen LogP contribution in [0, 0.1) is 12.3 Å². The molecule has 3 nitrogen and oxygen atoms in total. The van der Waals surface area contributed by atoms with E-state index in [1.165, 1.54) is 0 Å². The topological polar surface area (TPSA) is 41.1 Å². The minimum absolute atomic E-state index is 0.196. The van der Waals surface area contributed by atoms with Gasteiger partial charge in [0.2, 0.25) is 0 Å². The van der Waals surface area contributed by atoms with Crippen molar-refractivity contribution in [1.29, 1.82) is 0 Å². The monoisotopic (exact) mass is 202 g/mol. The Kier molecular flexibility index (Phi) is 4.82. The third kappa shape index (κ3) is 4.72. The molecule has 0 fully saturated rings. The van der Waals surface area contributed by atoms with Crippen molar-refractivity contribution in [3.63, 3.8) is 0 Å². The predicted molar refractivity (Wildman–Crippen MR) is 61.5 cm³/mol. The van der Waals surface area contributed by atoms with Crippen molar-refractivity contribution in [2.24, 2.45) is 0 Å². The van der Waals surface area contributed by atoms with Gasteiger partial charge in [-0.05, 0) is 18.6 Å². The Morgan fingerprint density at radius 3 is 2.73 bits per heavy atom. The average Bonchev–Trinajstić information content (AvgIpc) is 2.26. The molecule has 0 aliphatic rings. The van der Waals surface area contributed by atoms with Crippen molar-refractivity contribution in [2.45, 2.75) is 12.8 Å². The highest BCUT2D eigenvalue weighted by Gasteiger charge is 1.98. The number of hydrogen-bond acceptors (Lipinski definition) is 1. The van der Waals surface area contributed by atoms with Crippen LogP contribution in [0.25, 0.3) is 0 Å². The highest BCUT2D eigenvalue weighted by atomic mass is 16.2. The van der Waals surface area contributed by atoms with Crippen LogP contribution in [0.5, 0.6) is 0 Å². The van der Waals surface area contributed by atoms with Crippen LogP contribution in [0.15, 0.2) is 30.3 Å². The van der Waals surface area contributed by atoms with Crippen LogP contribution < -0.4 is 10.6 Å². The van der Waals surface area contributed by atoms with Crippen molar-refractivity contribution in [3.8, 4) is 12.3 Å². The van der Waals surface area contributed by atoms with Crippen LogP contribution in [-0.4, -0.2) is 12.6 Å². The van der Waals surface area contributed by atoms with Crippen LogP contribution >= 0.6 is 0 Å². The molecule has 0 unspecified atom stereocenters. The number of carbonyl (C=O) groups is 1. The van der Waals surface area contributed by atoms with E-state index in [0.29, 0.717) is 13.0 Å². The van der Waals surface area contributed by atoms with Gasteiger partial charge in [-0.1, -0.05) is 18.2 Å². The molecule has 1 aromatic carbocycles. The Labute approximate surface area is 89.9 Å². The second-order valence-corrected chi connectivity index (χ2v) is 3.05. The van der Waals surface area contributed by atoms with Gasteiger partial charge in [0.15, 0.2) is 0 Å². The number of terminal acetylenes is 1. The van der Waals surface area contributed by atoms with Crippen molar-refractivity contribution in [1.82, 2.24) is 5.32 Å². The standard InChI is InChI=1S/C12H14N2O/c1-2-3-7-10-13-12(15)14-11-8-5-4-6-9-11/h1,4-6,8-9H,3,7,10H2,(H2,13,14,15). The van der Waals surface area contributed by atoms with Gasteiger partial charge < -0.3 is 10.6 Å². The molecule has 2 N–H and O–H groups in total. The molecule has 0 atom stereocenters. The fourth-order valence-electron chi connectivity index (χ4n) is 1.09. The third-order valence-corrected chi connectivity index (χ3v) is 1.82. The number of carbonyl (C=O) groups excluding carboxylic acids is 1. The van der Waals surface area contributed by atoms with Crippen molar-refractivity contribution in [2.75, 3.05) is 11.9 Å². The molecular formula is C12H14N2O. The lowest BCUT2D eigenvalue weighted by Gasteiger charge is -2.06. The summed E-state index contributed by atoms with van der Waals surface area (Å²) in [6, 6.07) is 9.11. The van der Waals surface area contributed by atoms with Gasteiger partial charge in [-0.15, -0.1) is 12.3 Å². The van der Waals surface area contributed by atoms with E-state index in [-0.39, 0.29) is 6.03 Å². The highest BCUT2D eigenvalue weighted by molar-refractivity contribution is 5.89. The number of anilines is 1. The van der Waals surface area contributed by atoms with Crippen molar-refractivity contribution >= 4 is 11.7 Å². The summed E-state index contributed by atoms with van der Waals surface area (Å²) < 4.78 is 0. The van der Waals surface area contributed by atoms with Gasteiger partial charge in [0, 0.05) is 18.7 Å². The first kappa shape index (κ1) is 11.1. The maximum Gasteiger partial charge on any atom is 0.319 e. The van der Waals surface area contributed by atoms with Crippen LogP contribution in [0.2, 0.25) is 0 Å². The largest absolute Gasteiger partial charge is 0.338 e. The quantitative estimate of drug-likeness (QED) is 0.570. The fraction of sp³-hybridized carbons (Fsp3) is 0.250. The first-order chi connectivity index (χ1) is 7.33. The highest BCUT2D eigenvalue weighted by Crippen LogP contribution is 2.03. The molecule has 0 aliphatic heterocycles. The molecule has 1 aromatic rings. The lowest BCUT2D eigenvalue weighted by molar-refractivity contribution is 0.252. The van der Waals surface area contributed by atoms with Crippen molar-refractivity contribution < 1.29 is 4.79 Å². The van der Waals surface area contributed by atoms with Crippen LogP contribution in [0.3, 0.4) is 0 Å². The first-order valence-electron chi connectivity index (χ1n) is 4.86. The van der Waals surface area contributed by atoms with Gasteiger partial charge in [-0.2, -0.15) is 0 Å². The van der Waals surface area contributed by atoms with E-state index >= 15 is 0 Å². The molecule has 0 heterocycles. The summed E-state index contributed by atoms with van der Waals surface area (Å²) >= 11 is 0. The lowest BCUT2D eigenvalue weighted by atomic mass is 10.3. The van der Waals surface area contributed by atoms with Crippen LogP contribution in [-0.2, 0) is 0 Å². The first-order valence-corrected chi connectivity index (χ1v) is 4.86. The number of unbranched alkanes of at least 4 members (excludes halogenated alkanes) is 1. The molecule has 3 heteroatoms. The van der Waals surface area contributed by atoms with Crippen LogP contribution in [0.1, 0.15) is 12.8 Å². The molecule has 0 radical (unpaired) electrons. The maximum atomic E-state index is 11.3. The summed E-state index contributed by atoms with van der Waals surface area (Å²) in [5.41, 5.74) is 0.784. The van der Waals surface area contributed by atoms with Gasteiger partial charge in [0.25, 0.3) is 0 Å². The van der Waals surface area contributed by atoms with E-state index < -0.39 is 0 Å². The summed E-state index contributed by atoms with van der Waals surface area (Å²) in [6.07, 6.45) is 6.58. The van der Waals surface area contributed by atoms with E-state index in [1.54, 1.807) is 0 Å². The zero-order chi connectivity index (χ0) is 10.9. The zero-order valence-electron chi connectivity index (χ0n) is 8.49. The van der Waals surface area contributed by atoms with E-state index in [9.17, 15) is 4.79 Å². The maximum absolute atomic E-state index is 11.3. The van der Waals surface area contributed by atoms with Gasteiger partial charge in [0.1, 0.15) is 0 Å². The third-order valence-electron chi connectivity index (χ3n) is 1.82. The molecular weight excluding hydrogens is 188 g/mol. The Hall–Kier alpha value is -1.95. The molecule has 15 heavy (non-hydrogen) atoms. The normalized spacial score (nSPS) is 9.00. The molecule has 0 saturated carbocycles. The molecule has 0 aliphatic carbocycles. The summed E-state index contributed by atoms with van der Waals surface area (Å²) in [5.74, 6) is 2.52. The van der Waals surface area contributed by atoms with Gasteiger partial charge in [-0.25, -0.2) is 4.79 Å². The van der Waals surface area contributed by atoms with Gasteiger partial charge >= 0.3 is 6.03 Å². The SMILES string of the molecule is C#CCCCNC(=O)Nc1ccccc1. The molecule has 2 amide bonds. The smallest absolute Gasteiger partial charge is 0.319 e. The summed E-state index contributed by atoms with van der Waals surface area (Å²) in [7, 11) is 0. The second-order valence-electron chi connectivity index (χ2n) is 3.05. The number of urea groups is 1. The molecule has 78 valence electrons. The number of rotatable bonds is 4. The van der Waals surface area contributed by atoms with Crippen molar-refractivity contribution in [3.05, 3.63) is 30.3 Å². The average molecular weight is 202 g/mol. The van der Waals surface area contributed by atoms with E-state index in [1.807, 2.05) is 30.3 Å². The predicted octanol–water partition coefficient (Wildman–Crippen LogP) is 2.22. The fourth-order valence-corrected chi connectivity index (χ4v) is 1.09. The van der Waals surface area contributed by atoms with Gasteiger partial charge in [0.05, 0.1) is 0 Å². The Morgan fingerprint density at radius 2 is 2.07 bits per heavy atom. The Morgan fingerprint density at radius 1 is 1.33 bits per heavy atom. The number of hydrogen-bond donors (Lipinski definition) is 2. The zero-order valence-corrected chi connectivity index (χ0v) is 8.49. The number of para-hydroxylation sites is 1. The minimum atomic E-state index is -0.196. The van der Waals surface area contributed by atoms with Crippen LogP contribution in [0.4, 0.5) is 10.5 Å².